The first-order chi connectivity index (χ1) is 13.0. The van der Waals surface area contributed by atoms with Crippen LogP contribution in [0.25, 0.3) is 5.69 Å². The minimum absolute atomic E-state index is 0.0194. The molecule has 0 aliphatic heterocycles. The van der Waals surface area contributed by atoms with Crippen LogP contribution in [0.15, 0.2) is 52.1 Å². The normalized spacial score (nSPS) is 10.8. The molecule has 0 saturated carbocycles. The van der Waals surface area contributed by atoms with Crippen molar-refractivity contribution in [3.8, 4) is 5.69 Å². The standard InChI is InChI=1S/C19H20BrN5OS/c1-13-8-9-17(14(2)10-13)25-19(21-22-23-25)27-12-18(26)24(3)11-15-6-4-5-7-16(15)20/h4-10H,11-12H2,1-3H3. The molecule has 1 heterocycles. The van der Waals surface area contributed by atoms with Crippen LogP contribution in [0.3, 0.4) is 0 Å². The van der Waals surface area contributed by atoms with Crippen molar-refractivity contribution in [1.29, 1.82) is 0 Å². The molecule has 0 bridgehead atoms. The van der Waals surface area contributed by atoms with Gasteiger partial charge < -0.3 is 4.90 Å². The number of hydrogen-bond acceptors (Lipinski definition) is 5. The monoisotopic (exact) mass is 445 g/mol. The number of nitrogens with zero attached hydrogens (tertiary/aromatic N) is 5. The summed E-state index contributed by atoms with van der Waals surface area (Å²) in [5, 5.41) is 12.5. The molecule has 3 aromatic rings. The highest BCUT2D eigenvalue weighted by Crippen LogP contribution is 2.22. The van der Waals surface area contributed by atoms with E-state index < -0.39 is 0 Å². The molecule has 0 aliphatic rings. The summed E-state index contributed by atoms with van der Waals surface area (Å²) in [5.74, 6) is 0.289. The van der Waals surface area contributed by atoms with Crippen LogP contribution < -0.4 is 0 Å². The third-order valence-corrected chi connectivity index (χ3v) is 5.81. The molecule has 3 rings (SSSR count). The van der Waals surface area contributed by atoms with E-state index in [9.17, 15) is 4.79 Å². The number of carbonyl (C=O) groups is 1. The largest absolute Gasteiger partial charge is 0.341 e. The van der Waals surface area contributed by atoms with Gasteiger partial charge in [0, 0.05) is 18.1 Å². The van der Waals surface area contributed by atoms with Gasteiger partial charge in [-0.05, 0) is 47.5 Å². The van der Waals surface area contributed by atoms with Crippen molar-refractivity contribution in [2.24, 2.45) is 0 Å². The minimum Gasteiger partial charge on any atom is -0.341 e. The molecule has 0 atom stereocenters. The Labute approximate surface area is 171 Å². The van der Waals surface area contributed by atoms with E-state index in [1.807, 2.05) is 50.2 Å². The van der Waals surface area contributed by atoms with Gasteiger partial charge in [0.2, 0.25) is 11.1 Å². The van der Waals surface area contributed by atoms with Crippen LogP contribution >= 0.6 is 27.7 Å². The highest BCUT2D eigenvalue weighted by atomic mass is 79.9. The minimum atomic E-state index is 0.0194. The van der Waals surface area contributed by atoms with Gasteiger partial charge in [-0.3, -0.25) is 4.79 Å². The first-order valence-electron chi connectivity index (χ1n) is 8.42. The molecule has 1 amide bonds. The number of amides is 1. The van der Waals surface area contributed by atoms with E-state index >= 15 is 0 Å². The first-order valence-corrected chi connectivity index (χ1v) is 10.2. The topological polar surface area (TPSA) is 63.9 Å². The Bertz CT molecular complexity index is 959. The lowest BCUT2D eigenvalue weighted by Gasteiger charge is -2.17. The number of benzene rings is 2. The molecule has 0 N–H and O–H groups in total. The maximum Gasteiger partial charge on any atom is 0.233 e. The molecule has 6 nitrogen and oxygen atoms in total. The summed E-state index contributed by atoms with van der Waals surface area (Å²) in [4.78, 5) is 14.2. The summed E-state index contributed by atoms with van der Waals surface area (Å²) >= 11 is 4.86. The molecule has 0 saturated heterocycles. The molecule has 2 aromatic carbocycles. The van der Waals surface area contributed by atoms with Crippen LogP contribution in [0.1, 0.15) is 16.7 Å². The predicted molar refractivity (Wildman–Crippen MR) is 110 cm³/mol. The second-order valence-electron chi connectivity index (χ2n) is 6.29. The average Bonchev–Trinajstić information content (AvgIpc) is 3.09. The second-order valence-corrected chi connectivity index (χ2v) is 8.09. The highest BCUT2D eigenvalue weighted by molar-refractivity contribution is 9.10. The molecule has 27 heavy (non-hydrogen) atoms. The average molecular weight is 446 g/mol. The van der Waals surface area contributed by atoms with Gasteiger partial charge in [-0.15, -0.1) is 5.10 Å². The van der Waals surface area contributed by atoms with E-state index in [-0.39, 0.29) is 11.7 Å². The van der Waals surface area contributed by atoms with E-state index in [1.54, 1.807) is 16.6 Å². The van der Waals surface area contributed by atoms with Gasteiger partial charge in [-0.2, -0.15) is 4.68 Å². The Morgan fingerprint density at radius 2 is 2.00 bits per heavy atom. The third-order valence-electron chi connectivity index (χ3n) is 4.14. The SMILES string of the molecule is Cc1ccc(-n2nnnc2SCC(=O)N(C)Cc2ccccc2Br)c(C)c1. The van der Waals surface area contributed by atoms with E-state index in [0.29, 0.717) is 11.7 Å². The zero-order valence-electron chi connectivity index (χ0n) is 15.4. The van der Waals surface area contributed by atoms with E-state index in [1.165, 1.54) is 17.3 Å². The van der Waals surface area contributed by atoms with Gasteiger partial charge in [0.15, 0.2) is 0 Å². The van der Waals surface area contributed by atoms with Crippen molar-refractivity contribution < 1.29 is 4.79 Å². The number of aryl methyl sites for hydroxylation is 2. The Kier molecular flexibility index (Phi) is 6.28. The first kappa shape index (κ1) is 19.6. The Morgan fingerprint density at radius 1 is 1.22 bits per heavy atom. The smallest absolute Gasteiger partial charge is 0.233 e. The molecular formula is C19H20BrN5OS. The van der Waals surface area contributed by atoms with Gasteiger partial charge in [-0.25, -0.2) is 0 Å². The van der Waals surface area contributed by atoms with Crippen molar-refractivity contribution in [3.05, 3.63) is 63.6 Å². The molecular weight excluding hydrogens is 426 g/mol. The molecule has 1 aromatic heterocycles. The number of carbonyl (C=O) groups excluding carboxylic acids is 1. The van der Waals surface area contributed by atoms with Crippen molar-refractivity contribution in [2.75, 3.05) is 12.8 Å². The van der Waals surface area contributed by atoms with E-state index in [4.69, 9.17) is 0 Å². The summed E-state index contributed by atoms with van der Waals surface area (Å²) < 4.78 is 2.68. The lowest BCUT2D eigenvalue weighted by Crippen LogP contribution is -2.28. The molecule has 0 unspecified atom stereocenters. The zero-order chi connectivity index (χ0) is 19.4. The van der Waals surface area contributed by atoms with Crippen LogP contribution in [0.4, 0.5) is 0 Å². The number of thioether (sulfide) groups is 1. The van der Waals surface area contributed by atoms with E-state index in [0.717, 1.165) is 21.3 Å². The van der Waals surface area contributed by atoms with Gasteiger partial charge in [0.05, 0.1) is 11.4 Å². The summed E-state index contributed by atoms with van der Waals surface area (Å²) in [6.07, 6.45) is 0. The summed E-state index contributed by atoms with van der Waals surface area (Å²) in [5.41, 5.74) is 4.25. The van der Waals surface area contributed by atoms with Crippen molar-refractivity contribution in [3.63, 3.8) is 0 Å². The summed E-state index contributed by atoms with van der Waals surface area (Å²) in [6.45, 7) is 4.61. The van der Waals surface area contributed by atoms with Gasteiger partial charge in [-0.1, -0.05) is 63.6 Å². The molecule has 0 fully saturated rings. The van der Waals surface area contributed by atoms with E-state index in [2.05, 4.69) is 37.5 Å². The van der Waals surface area contributed by atoms with Crippen molar-refractivity contribution in [2.45, 2.75) is 25.5 Å². The van der Waals surface area contributed by atoms with Gasteiger partial charge in [0.1, 0.15) is 0 Å². The summed E-state index contributed by atoms with van der Waals surface area (Å²) in [7, 11) is 1.80. The molecule has 0 aliphatic carbocycles. The number of hydrogen-bond donors (Lipinski definition) is 0. The Hall–Kier alpha value is -2.19. The Morgan fingerprint density at radius 3 is 2.74 bits per heavy atom. The molecule has 140 valence electrons. The summed E-state index contributed by atoms with van der Waals surface area (Å²) in [6, 6.07) is 14.0. The van der Waals surface area contributed by atoms with Crippen LogP contribution in [-0.2, 0) is 11.3 Å². The fourth-order valence-electron chi connectivity index (χ4n) is 2.67. The van der Waals surface area contributed by atoms with Gasteiger partial charge in [0.25, 0.3) is 0 Å². The highest BCUT2D eigenvalue weighted by Gasteiger charge is 2.16. The number of rotatable bonds is 6. The lowest BCUT2D eigenvalue weighted by atomic mass is 10.1. The van der Waals surface area contributed by atoms with Crippen molar-refractivity contribution >= 4 is 33.6 Å². The second kappa shape index (κ2) is 8.67. The van der Waals surface area contributed by atoms with Gasteiger partial charge >= 0.3 is 0 Å². The predicted octanol–water partition coefficient (Wildman–Crippen LogP) is 3.79. The molecule has 0 spiro atoms. The lowest BCUT2D eigenvalue weighted by molar-refractivity contribution is -0.127. The quantitative estimate of drug-likeness (QED) is 0.539. The van der Waals surface area contributed by atoms with Crippen molar-refractivity contribution in [1.82, 2.24) is 25.1 Å². The maximum absolute atomic E-state index is 12.5. The van der Waals surface area contributed by atoms with Crippen LogP contribution in [-0.4, -0.2) is 43.8 Å². The fraction of sp³-hybridized carbons (Fsp3) is 0.263. The van der Waals surface area contributed by atoms with Crippen LogP contribution in [0.2, 0.25) is 0 Å². The number of halogens is 1. The zero-order valence-corrected chi connectivity index (χ0v) is 17.8. The fourth-order valence-corrected chi connectivity index (χ4v) is 3.90. The molecule has 0 radical (unpaired) electrons. The maximum atomic E-state index is 12.5. The Balaban J connectivity index is 1.66. The van der Waals surface area contributed by atoms with Crippen LogP contribution in [0, 0.1) is 13.8 Å². The number of aromatic nitrogens is 4. The molecule has 8 heteroatoms. The third kappa shape index (κ3) is 4.75. The number of tetrazole rings is 1. The van der Waals surface area contributed by atoms with Crippen LogP contribution in [0.5, 0.6) is 0 Å².